The van der Waals surface area contributed by atoms with Crippen LogP contribution in [0, 0.1) is 11.6 Å². The maximum absolute atomic E-state index is 13.3. The van der Waals surface area contributed by atoms with Crippen molar-refractivity contribution in [3.05, 3.63) is 47.8 Å². The summed E-state index contributed by atoms with van der Waals surface area (Å²) >= 11 is 0. The minimum absolute atomic E-state index is 0.463. The smallest absolute Gasteiger partial charge is 0.203 e. The molecule has 0 unspecified atom stereocenters. The van der Waals surface area contributed by atoms with Crippen molar-refractivity contribution < 1.29 is 8.78 Å². The van der Waals surface area contributed by atoms with Gasteiger partial charge in [-0.3, -0.25) is 0 Å². The van der Waals surface area contributed by atoms with Crippen LogP contribution in [0.3, 0.4) is 0 Å². The minimum atomic E-state index is -0.815. The van der Waals surface area contributed by atoms with Crippen molar-refractivity contribution in [1.82, 2.24) is 9.55 Å². The summed E-state index contributed by atoms with van der Waals surface area (Å²) in [6, 6.07) is 4.46. The maximum atomic E-state index is 13.3. The molecule has 21 heavy (non-hydrogen) atoms. The van der Waals surface area contributed by atoms with Gasteiger partial charge in [0.1, 0.15) is 0 Å². The SMILES string of the molecule is Fc1ccc(Cn2ccnc2NC2CCCCC2)cc1F. The van der Waals surface area contributed by atoms with Crippen molar-refractivity contribution >= 4 is 5.95 Å². The van der Waals surface area contributed by atoms with Crippen molar-refractivity contribution in [3.8, 4) is 0 Å². The number of rotatable bonds is 4. The van der Waals surface area contributed by atoms with Gasteiger partial charge in [-0.25, -0.2) is 13.8 Å². The van der Waals surface area contributed by atoms with E-state index in [-0.39, 0.29) is 0 Å². The Labute approximate surface area is 123 Å². The highest BCUT2D eigenvalue weighted by atomic mass is 19.2. The van der Waals surface area contributed by atoms with Gasteiger partial charge in [0.15, 0.2) is 11.6 Å². The minimum Gasteiger partial charge on any atom is -0.353 e. The van der Waals surface area contributed by atoms with E-state index in [9.17, 15) is 8.78 Å². The third-order valence-corrected chi connectivity index (χ3v) is 3.99. The van der Waals surface area contributed by atoms with E-state index in [2.05, 4.69) is 10.3 Å². The van der Waals surface area contributed by atoms with Crippen LogP contribution in [0.25, 0.3) is 0 Å². The number of halogens is 2. The first-order valence-corrected chi connectivity index (χ1v) is 7.44. The van der Waals surface area contributed by atoms with E-state index in [0.29, 0.717) is 12.6 Å². The van der Waals surface area contributed by atoms with Gasteiger partial charge in [-0.15, -0.1) is 0 Å². The zero-order chi connectivity index (χ0) is 14.7. The fourth-order valence-corrected chi connectivity index (χ4v) is 2.84. The fraction of sp³-hybridized carbons (Fsp3) is 0.438. The summed E-state index contributed by atoms with van der Waals surface area (Å²) in [5.74, 6) is -0.828. The van der Waals surface area contributed by atoms with E-state index in [1.165, 1.54) is 25.3 Å². The van der Waals surface area contributed by atoms with Gasteiger partial charge in [0.05, 0.1) is 6.54 Å². The second-order valence-electron chi connectivity index (χ2n) is 5.61. The number of imidazole rings is 1. The second-order valence-corrected chi connectivity index (χ2v) is 5.61. The van der Waals surface area contributed by atoms with E-state index in [4.69, 9.17) is 0 Å². The number of nitrogens with zero attached hydrogens (tertiary/aromatic N) is 2. The van der Waals surface area contributed by atoms with Crippen LogP contribution < -0.4 is 5.32 Å². The first kappa shape index (κ1) is 14.0. The average molecular weight is 291 g/mol. The molecule has 0 saturated heterocycles. The summed E-state index contributed by atoms with van der Waals surface area (Å²) in [6.45, 7) is 0.478. The monoisotopic (exact) mass is 291 g/mol. The number of benzene rings is 1. The quantitative estimate of drug-likeness (QED) is 0.924. The van der Waals surface area contributed by atoms with Crippen LogP contribution >= 0.6 is 0 Å². The molecule has 0 spiro atoms. The molecular weight excluding hydrogens is 272 g/mol. The lowest BCUT2D eigenvalue weighted by atomic mass is 9.96. The summed E-state index contributed by atoms with van der Waals surface area (Å²) in [7, 11) is 0. The molecule has 0 amide bonds. The molecule has 3 rings (SSSR count). The topological polar surface area (TPSA) is 29.9 Å². The number of anilines is 1. The first-order chi connectivity index (χ1) is 10.2. The molecule has 1 aliphatic carbocycles. The first-order valence-electron chi connectivity index (χ1n) is 7.44. The fourth-order valence-electron chi connectivity index (χ4n) is 2.84. The molecule has 112 valence electrons. The third-order valence-electron chi connectivity index (χ3n) is 3.99. The van der Waals surface area contributed by atoms with Crippen LogP contribution in [-0.2, 0) is 6.54 Å². The van der Waals surface area contributed by atoms with Crippen LogP contribution in [0.1, 0.15) is 37.7 Å². The lowest BCUT2D eigenvalue weighted by Crippen LogP contribution is -2.24. The molecule has 3 nitrogen and oxygen atoms in total. The van der Waals surface area contributed by atoms with Gasteiger partial charge in [-0.1, -0.05) is 25.3 Å². The number of aromatic nitrogens is 2. The highest BCUT2D eigenvalue weighted by molar-refractivity contribution is 5.30. The Morgan fingerprint density at radius 3 is 2.71 bits per heavy atom. The Hall–Kier alpha value is -1.91. The molecule has 1 saturated carbocycles. The van der Waals surface area contributed by atoms with Crippen LogP contribution in [0.4, 0.5) is 14.7 Å². The summed E-state index contributed by atoms with van der Waals surface area (Å²) in [6.07, 6.45) is 9.72. The molecule has 1 aliphatic rings. The zero-order valence-corrected chi connectivity index (χ0v) is 11.9. The molecule has 5 heteroatoms. The van der Waals surface area contributed by atoms with Crippen molar-refractivity contribution in [2.75, 3.05) is 5.32 Å². The molecule has 1 heterocycles. The van der Waals surface area contributed by atoms with Gasteiger partial charge in [0, 0.05) is 18.4 Å². The van der Waals surface area contributed by atoms with E-state index in [1.807, 2.05) is 10.8 Å². The van der Waals surface area contributed by atoms with Gasteiger partial charge in [-0.2, -0.15) is 0 Å². The van der Waals surface area contributed by atoms with Crippen molar-refractivity contribution in [3.63, 3.8) is 0 Å². The van der Waals surface area contributed by atoms with E-state index in [1.54, 1.807) is 12.3 Å². The average Bonchev–Trinajstić information content (AvgIpc) is 2.91. The Kier molecular flexibility index (Phi) is 4.18. The molecule has 0 atom stereocenters. The number of nitrogens with one attached hydrogen (secondary N) is 1. The molecule has 1 aromatic carbocycles. The molecule has 0 bridgehead atoms. The Morgan fingerprint density at radius 1 is 1.14 bits per heavy atom. The predicted molar refractivity (Wildman–Crippen MR) is 78.2 cm³/mol. The largest absolute Gasteiger partial charge is 0.353 e. The summed E-state index contributed by atoms with van der Waals surface area (Å²) in [5, 5.41) is 3.46. The van der Waals surface area contributed by atoms with Gasteiger partial charge in [-0.05, 0) is 30.5 Å². The molecule has 1 fully saturated rings. The lowest BCUT2D eigenvalue weighted by Gasteiger charge is -2.23. The summed E-state index contributed by atoms with van der Waals surface area (Å²) < 4.78 is 28.2. The second kappa shape index (κ2) is 6.24. The van der Waals surface area contributed by atoms with Crippen molar-refractivity contribution in [2.24, 2.45) is 0 Å². The van der Waals surface area contributed by atoms with Crippen molar-refractivity contribution in [2.45, 2.75) is 44.7 Å². The Morgan fingerprint density at radius 2 is 1.95 bits per heavy atom. The van der Waals surface area contributed by atoms with Crippen LogP contribution in [-0.4, -0.2) is 15.6 Å². The number of hydrogen-bond donors (Lipinski definition) is 1. The lowest BCUT2D eigenvalue weighted by molar-refractivity contribution is 0.459. The molecule has 1 aromatic heterocycles. The molecule has 0 aliphatic heterocycles. The predicted octanol–water partition coefficient (Wildman–Crippen LogP) is 3.95. The molecule has 0 radical (unpaired) electrons. The normalized spacial score (nSPS) is 16.1. The third kappa shape index (κ3) is 3.40. The highest BCUT2D eigenvalue weighted by Crippen LogP contribution is 2.21. The Balaban J connectivity index is 1.71. The molecule has 1 N–H and O–H groups in total. The summed E-state index contributed by atoms with van der Waals surface area (Å²) in [4.78, 5) is 4.33. The van der Waals surface area contributed by atoms with Crippen LogP contribution in [0.5, 0.6) is 0 Å². The van der Waals surface area contributed by atoms with Gasteiger partial charge in [0.25, 0.3) is 0 Å². The van der Waals surface area contributed by atoms with Gasteiger partial charge < -0.3 is 9.88 Å². The Bertz CT molecular complexity index is 603. The molecule has 2 aromatic rings. The van der Waals surface area contributed by atoms with Crippen LogP contribution in [0.2, 0.25) is 0 Å². The standard InChI is InChI=1S/C16H19F2N3/c17-14-7-6-12(10-15(14)18)11-21-9-8-19-16(21)20-13-4-2-1-3-5-13/h6-10,13H,1-5,11H2,(H,19,20). The van der Waals surface area contributed by atoms with E-state index >= 15 is 0 Å². The molecular formula is C16H19F2N3. The maximum Gasteiger partial charge on any atom is 0.203 e. The number of hydrogen-bond acceptors (Lipinski definition) is 2. The van der Waals surface area contributed by atoms with Crippen LogP contribution in [0.15, 0.2) is 30.6 Å². The van der Waals surface area contributed by atoms with E-state index in [0.717, 1.165) is 30.4 Å². The van der Waals surface area contributed by atoms with Gasteiger partial charge >= 0.3 is 0 Å². The van der Waals surface area contributed by atoms with Crippen molar-refractivity contribution in [1.29, 1.82) is 0 Å². The zero-order valence-electron chi connectivity index (χ0n) is 11.9. The summed E-state index contributed by atoms with van der Waals surface area (Å²) in [5.41, 5.74) is 0.721. The highest BCUT2D eigenvalue weighted by Gasteiger charge is 2.15. The van der Waals surface area contributed by atoms with Gasteiger partial charge in [0.2, 0.25) is 5.95 Å². The van der Waals surface area contributed by atoms with E-state index < -0.39 is 11.6 Å².